The number of esters is 1. The molecule has 0 aromatic heterocycles. The SMILES string of the molecule is CNC(=O)c1ccc(C(=O)OC)c(OCCCCOC)c1. The number of ether oxygens (including phenoxy) is 3. The average Bonchev–Trinajstić information content (AvgIpc) is 2.53. The lowest BCUT2D eigenvalue weighted by Crippen LogP contribution is -2.18. The summed E-state index contributed by atoms with van der Waals surface area (Å²) in [4.78, 5) is 23.3. The maximum Gasteiger partial charge on any atom is 0.341 e. The maximum absolute atomic E-state index is 11.7. The lowest BCUT2D eigenvalue weighted by molar-refractivity contribution is 0.0595. The Bertz CT molecular complexity index is 487. The van der Waals surface area contributed by atoms with E-state index in [4.69, 9.17) is 14.2 Å². The number of hydrogen-bond donors (Lipinski definition) is 1. The van der Waals surface area contributed by atoms with Crippen molar-refractivity contribution in [2.75, 3.05) is 34.5 Å². The van der Waals surface area contributed by atoms with E-state index in [1.165, 1.54) is 13.2 Å². The Balaban J connectivity index is 2.84. The minimum atomic E-state index is -0.495. The van der Waals surface area contributed by atoms with E-state index in [1.807, 2.05) is 0 Å². The Hall–Kier alpha value is -2.08. The van der Waals surface area contributed by atoms with Gasteiger partial charge in [-0.3, -0.25) is 4.79 Å². The quantitative estimate of drug-likeness (QED) is 0.583. The molecule has 0 saturated carbocycles. The molecule has 116 valence electrons. The third kappa shape index (κ3) is 5.07. The zero-order valence-electron chi connectivity index (χ0n) is 12.6. The van der Waals surface area contributed by atoms with Gasteiger partial charge < -0.3 is 19.5 Å². The molecule has 21 heavy (non-hydrogen) atoms. The standard InChI is InChI=1S/C15H21NO5/c1-16-14(17)11-6-7-12(15(18)20-3)13(10-11)21-9-5-4-8-19-2/h6-7,10H,4-5,8-9H2,1-3H3,(H,16,17). The van der Waals surface area contributed by atoms with Crippen LogP contribution in [-0.2, 0) is 9.47 Å². The van der Waals surface area contributed by atoms with Crippen molar-refractivity contribution in [3.63, 3.8) is 0 Å². The van der Waals surface area contributed by atoms with Crippen molar-refractivity contribution < 1.29 is 23.8 Å². The van der Waals surface area contributed by atoms with Gasteiger partial charge >= 0.3 is 5.97 Å². The highest BCUT2D eigenvalue weighted by molar-refractivity contribution is 5.98. The molecule has 0 aliphatic rings. The van der Waals surface area contributed by atoms with Crippen LogP contribution in [0.5, 0.6) is 5.75 Å². The molecule has 0 aliphatic carbocycles. The van der Waals surface area contributed by atoms with Crippen molar-refractivity contribution in [1.82, 2.24) is 5.32 Å². The Labute approximate surface area is 124 Å². The minimum absolute atomic E-state index is 0.240. The van der Waals surface area contributed by atoms with Crippen molar-refractivity contribution in [1.29, 1.82) is 0 Å². The van der Waals surface area contributed by atoms with Gasteiger partial charge in [-0.1, -0.05) is 0 Å². The van der Waals surface area contributed by atoms with E-state index < -0.39 is 5.97 Å². The van der Waals surface area contributed by atoms with Crippen molar-refractivity contribution in [2.45, 2.75) is 12.8 Å². The zero-order valence-corrected chi connectivity index (χ0v) is 12.6. The minimum Gasteiger partial charge on any atom is -0.493 e. The van der Waals surface area contributed by atoms with Gasteiger partial charge in [0.05, 0.1) is 13.7 Å². The van der Waals surface area contributed by atoms with E-state index in [2.05, 4.69) is 5.32 Å². The Morgan fingerprint density at radius 3 is 2.48 bits per heavy atom. The molecule has 1 rings (SSSR count). The molecule has 0 fully saturated rings. The summed E-state index contributed by atoms with van der Waals surface area (Å²) in [6, 6.07) is 4.63. The lowest BCUT2D eigenvalue weighted by atomic mass is 10.1. The summed E-state index contributed by atoms with van der Waals surface area (Å²) in [5.41, 5.74) is 0.730. The predicted octanol–water partition coefficient (Wildman–Crippen LogP) is 1.64. The molecule has 0 unspecified atom stereocenters. The molecule has 1 amide bonds. The third-order valence-electron chi connectivity index (χ3n) is 2.88. The number of unbranched alkanes of at least 4 members (excludes halogenated alkanes) is 1. The Morgan fingerprint density at radius 1 is 1.14 bits per heavy atom. The molecule has 0 atom stereocenters. The summed E-state index contributed by atoms with van der Waals surface area (Å²) in [6.45, 7) is 1.09. The molecule has 1 N–H and O–H groups in total. The third-order valence-corrected chi connectivity index (χ3v) is 2.88. The van der Waals surface area contributed by atoms with Crippen LogP contribution in [0.3, 0.4) is 0 Å². The highest BCUT2D eigenvalue weighted by Crippen LogP contribution is 2.22. The van der Waals surface area contributed by atoms with Gasteiger partial charge in [0.2, 0.25) is 0 Å². The van der Waals surface area contributed by atoms with Gasteiger partial charge in [0.25, 0.3) is 5.91 Å². The fourth-order valence-corrected chi connectivity index (χ4v) is 1.74. The first kappa shape index (κ1) is 17.0. The first-order valence-corrected chi connectivity index (χ1v) is 6.70. The normalized spacial score (nSPS) is 10.0. The van der Waals surface area contributed by atoms with Gasteiger partial charge in [-0.2, -0.15) is 0 Å². The van der Waals surface area contributed by atoms with Crippen LogP contribution in [0.25, 0.3) is 0 Å². The van der Waals surface area contributed by atoms with Crippen LogP contribution in [0.4, 0.5) is 0 Å². The molecule has 6 nitrogen and oxygen atoms in total. The van der Waals surface area contributed by atoms with Gasteiger partial charge in [0.1, 0.15) is 11.3 Å². The number of carbonyl (C=O) groups excluding carboxylic acids is 2. The number of nitrogens with one attached hydrogen (secondary N) is 1. The van der Waals surface area contributed by atoms with Gasteiger partial charge in [-0.15, -0.1) is 0 Å². The smallest absolute Gasteiger partial charge is 0.341 e. The number of amides is 1. The zero-order chi connectivity index (χ0) is 15.7. The van der Waals surface area contributed by atoms with Crippen LogP contribution in [0, 0.1) is 0 Å². The molecule has 0 radical (unpaired) electrons. The second-order valence-electron chi connectivity index (χ2n) is 4.33. The highest BCUT2D eigenvalue weighted by atomic mass is 16.5. The van der Waals surface area contributed by atoms with Gasteiger partial charge in [0, 0.05) is 26.3 Å². The maximum atomic E-state index is 11.7. The van der Waals surface area contributed by atoms with E-state index >= 15 is 0 Å². The second kappa shape index (κ2) is 8.97. The topological polar surface area (TPSA) is 73.9 Å². The largest absolute Gasteiger partial charge is 0.493 e. The van der Waals surface area contributed by atoms with Crippen molar-refractivity contribution in [2.24, 2.45) is 0 Å². The van der Waals surface area contributed by atoms with E-state index in [9.17, 15) is 9.59 Å². The number of carbonyl (C=O) groups is 2. The first-order chi connectivity index (χ1) is 10.1. The molecule has 0 heterocycles. The first-order valence-electron chi connectivity index (χ1n) is 6.70. The van der Waals surface area contributed by atoms with E-state index in [0.717, 1.165) is 12.8 Å². The highest BCUT2D eigenvalue weighted by Gasteiger charge is 2.15. The predicted molar refractivity (Wildman–Crippen MR) is 77.8 cm³/mol. The van der Waals surface area contributed by atoms with Crippen LogP contribution >= 0.6 is 0 Å². The number of methoxy groups -OCH3 is 2. The molecule has 1 aromatic carbocycles. The summed E-state index contributed by atoms with van der Waals surface area (Å²) in [5, 5.41) is 2.53. The molecular formula is C15H21NO5. The van der Waals surface area contributed by atoms with Crippen LogP contribution in [0.1, 0.15) is 33.6 Å². The van der Waals surface area contributed by atoms with Crippen LogP contribution in [-0.4, -0.2) is 46.4 Å². The van der Waals surface area contributed by atoms with Crippen LogP contribution in [0.2, 0.25) is 0 Å². The van der Waals surface area contributed by atoms with Crippen LogP contribution < -0.4 is 10.1 Å². The van der Waals surface area contributed by atoms with Crippen LogP contribution in [0.15, 0.2) is 18.2 Å². The van der Waals surface area contributed by atoms with E-state index in [0.29, 0.717) is 30.1 Å². The summed E-state index contributed by atoms with van der Waals surface area (Å²) in [6.07, 6.45) is 1.65. The number of rotatable bonds is 8. The molecule has 1 aromatic rings. The molecular weight excluding hydrogens is 274 g/mol. The average molecular weight is 295 g/mol. The molecule has 0 spiro atoms. The molecule has 0 saturated heterocycles. The van der Waals surface area contributed by atoms with Crippen molar-refractivity contribution in [3.05, 3.63) is 29.3 Å². The summed E-state index contributed by atoms with van der Waals surface area (Å²) < 4.78 is 15.3. The number of hydrogen-bond acceptors (Lipinski definition) is 5. The Morgan fingerprint density at radius 2 is 1.86 bits per heavy atom. The van der Waals surface area contributed by atoms with E-state index in [1.54, 1.807) is 26.3 Å². The summed E-state index contributed by atoms with van der Waals surface area (Å²) in [5.74, 6) is -0.388. The molecule has 0 aliphatic heterocycles. The van der Waals surface area contributed by atoms with Gasteiger partial charge in [0.15, 0.2) is 0 Å². The van der Waals surface area contributed by atoms with Crippen molar-refractivity contribution >= 4 is 11.9 Å². The van der Waals surface area contributed by atoms with Crippen molar-refractivity contribution in [3.8, 4) is 5.75 Å². The fraction of sp³-hybridized carbons (Fsp3) is 0.467. The fourth-order valence-electron chi connectivity index (χ4n) is 1.74. The Kier molecular flexibility index (Phi) is 7.25. The summed E-state index contributed by atoms with van der Waals surface area (Å²) >= 11 is 0. The molecule has 6 heteroatoms. The second-order valence-corrected chi connectivity index (χ2v) is 4.33. The monoisotopic (exact) mass is 295 g/mol. The van der Waals surface area contributed by atoms with Gasteiger partial charge in [-0.05, 0) is 31.0 Å². The number of benzene rings is 1. The lowest BCUT2D eigenvalue weighted by Gasteiger charge is -2.11. The summed E-state index contributed by atoms with van der Waals surface area (Å²) in [7, 11) is 4.49. The van der Waals surface area contributed by atoms with Gasteiger partial charge in [-0.25, -0.2) is 4.79 Å². The van der Waals surface area contributed by atoms with E-state index in [-0.39, 0.29) is 5.91 Å². The molecule has 0 bridgehead atoms.